The highest BCUT2D eigenvalue weighted by Gasteiger charge is 2.44. The molecule has 3 amide bonds. The van der Waals surface area contributed by atoms with E-state index in [1.165, 1.54) is 4.90 Å². The molecule has 0 aliphatic carbocycles. The van der Waals surface area contributed by atoms with E-state index >= 15 is 0 Å². The molecule has 1 aromatic carbocycles. The zero-order valence-corrected chi connectivity index (χ0v) is 14.5. The third-order valence-corrected chi connectivity index (χ3v) is 5.15. The molecule has 2 aliphatic heterocycles. The summed E-state index contributed by atoms with van der Waals surface area (Å²) < 4.78 is 5.21. The van der Waals surface area contributed by atoms with Gasteiger partial charge >= 0.3 is 0 Å². The fraction of sp³-hybridized carbons (Fsp3) is 0.500. The van der Waals surface area contributed by atoms with Crippen molar-refractivity contribution in [1.82, 2.24) is 4.90 Å². The Balaban J connectivity index is 1.78. The highest BCUT2D eigenvalue weighted by atomic mass is 16.5. The lowest BCUT2D eigenvalue weighted by atomic mass is 9.95. The molecule has 1 unspecified atom stereocenters. The zero-order chi connectivity index (χ0) is 18.1. The first kappa shape index (κ1) is 17.4. The Labute approximate surface area is 146 Å². The van der Waals surface area contributed by atoms with E-state index in [2.05, 4.69) is 0 Å². The molecule has 0 saturated carbocycles. The maximum Gasteiger partial charge on any atom is 0.251 e. The summed E-state index contributed by atoms with van der Waals surface area (Å²) in [7, 11) is 1.55. The van der Waals surface area contributed by atoms with Gasteiger partial charge in [0.05, 0.1) is 25.3 Å². The van der Waals surface area contributed by atoms with Crippen molar-refractivity contribution in [3.63, 3.8) is 0 Å². The number of likely N-dealkylation sites (tertiary alicyclic amines) is 1. The van der Waals surface area contributed by atoms with Gasteiger partial charge in [0.2, 0.25) is 11.8 Å². The van der Waals surface area contributed by atoms with Crippen LogP contribution in [-0.4, -0.2) is 48.9 Å². The third kappa shape index (κ3) is 3.24. The maximum atomic E-state index is 12.9. The Morgan fingerprint density at radius 3 is 2.52 bits per heavy atom. The first-order valence-electron chi connectivity index (χ1n) is 8.47. The van der Waals surface area contributed by atoms with Gasteiger partial charge in [0.15, 0.2) is 0 Å². The molecule has 1 atom stereocenters. The van der Waals surface area contributed by atoms with E-state index in [0.29, 0.717) is 37.4 Å². The predicted molar refractivity (Wildman–Crippen MR) is 92.1 cm³/mol. The molecule has 0 bridgehead atoms. The molecule has 0 aromatic heterocycles. The van der Waals surface area contributed by atoms with Gasteiger partial charge in [-0.3, -0.25) is 19.3 Å². The molecule has 3 rings (SSSR count). The number of hydrogen-bond acceptors (Lipinski definition) is 5. The van der Waals surface area contributed by atoms with Crippen LogP contribution in [0.4, 0.5) is 5.69 Å². The minimum Gasteiger partial charge on any atom is -0.497 e. The summed E-state index contributed by atoms with van der Waals surface area (Å²) in [6.45, 7) is 3.06. The van der Waals surface area contributed by atoms with Crippen molar-refractivity contribution in [2.24, 2.45) is 11.7 Å². The monoisotopic (exact) mass is 345 g/mol. The summed E-state index contributed by atoms with van der Waals surface area (Å²) >= 11 is 0. The predicted octanol–water partition coefficient (Wildman–Crippen LogP) is 0.833. The van der Waals surface area contributed by atoms with E-state index in [1.54, 1.807) is 19.2 Å². The molecule has 134 valence electrons. The van der Waals surface area contributed by atoms with Gasteiger partial charge in [-0.2, -0.15) is 0 Å². The minimum atomic E-state index is -0.466. The first-order chi connectivity index (χ1) is 11.9. The highest BCUT2D eigenvalue weighted by molar-refractivity contribution is 6.22. The number of methoxy groups -OCH3 is 1. The Kier molecular flexibility index (Phi) is 4.76. The van der Waals surface area contributed by atoms with Crippen molar-refractivity contribution < 1.29 is 19.1 Å². The van der Waals surface area contributed by atoms with E-state index in [0.717, 1.165) is 5.56 Å². The van der Waals surface area contributed by atoms with Crippen molar-refractivity contribution in [1.29, 1.82) is 0 Å². The summed E-state index contributed by atoms with van der Waals surface area (Å²) in [5, 5.41) is 0. The van der Waals surface area contributed by atoms with E-state index in [9.17, 15) is 14.4 Å². The molecule has 0 radical (unpaired) electrons. The minimum absolute atomic E-state index is 0.139. The average Bonchev–Trinajstić information content (AvgIpc) is 2.90. The Bertz CT molecular complexity index is 710. The van der Waals surface area contributed by atoms with Gasteiger partial charge in [-0.15, -0.1) is 0 Å². The molecule has 2 aliphatic rings. The van der Waals surface area contributed by atoms with Crippen LogP contribution in [0.1, 0.15) is 24.8 Å². The number of rotatable bonds is 4. The number of imide groups is 1. The Morgan fingerprint density at radius 2 is 1.92 bits per heavy atom. The van der Waals surface area contributed by atoms with Gasteiger partial charge in [0, 0.05) is 12.0 Å². The number of hydrogen-bond donors (Lipinski definition) is 1. The van der Waals surface area contributed by atoms with E-state index in [1.807, 2.05) is 17.9 Å². The number of benzene rings is 1. The van der Waals surface area contributed by atoms with Crippen molar-refractivity contribution >= 4 is 23.4 Å². The van der Waals surface area contributed by atoms with Gasteiger partial charge in [-0.1, -0.05) is 6.07 Å². The fourth-order valence-corrected chi connectivity index (χ4v) is 3.61. The van der Waals surface area contributed by atoms with Crippen LogP contribution in [0.15, 0.2) is 18.2 Å². The second-order valence-electron chi connectivity index (χ2n) is 6.65. The number of carbonyl (C=O) groups excluding carboxylic acids is 3. The van der Waals surface area contributed by atoms with Gasteiger partial charge in [-0.05, 0) is 44.5 Å². The largest absolute Gasteiger partial charge is 0.497 e. The number of aryl methyl sites for hydroxylation is 1. The van der Waals surface area contributed by atoms with Gasteiger partial charge in [0.1, 0.15) is 5.75 Å². The molecule has 7 heteroatoms. The average molecular weight is 345 g/mol. The van der Waals surface area contributed by atoms with Crippen molar-refractivity contribution in [3.05, 3.63) is 23.8 Å². The van der Waals surface area contributed by atoms with Crippen LogP contribution in [0.25, 0.3) is 0 Å². The quantitative estimate of drug-likeness (QED) is 0.816. The molecule has 2 N–H and O–H groups in total. The topological polar surface area (TPSA) is 92.9 Å². The first-order valence-corrected chi connectivity index (χ1v) is 8.47. The number of nitrogens with two attached hydrogens (primary N) is 1. The number of carbonyl (C=O) groups is 3. The lowest BCUT2D eigenvalue weighted by Gasteiger charge is -2.33. The molecule has 2 fully saturated rings. The second-order valence-corrected chi connectivity index (χ2v) is 6.65. The number of anilines is 1. The van der Waals surface area contributed by atoms with E-state index in [-0.39, 0.29) is 30.1 Å². The maximum absolute atomic E-state index is 12.9. The number of ether oxygens (including phenoxy) is 1. The third-order valence-electron chi connectivity index (χ3n) is 5.15. The fourth-order valence-electron chi connectivity index (χ4n) is 3.61. The van der Waals surface area contributed by atoms with E-state index < -0.39 is 6.04 Å². The molecule has 2 heterocycles. The Morgan fingerprint density at radius 1 is 1.24 bits per heavy atom. The molecule has 1 aromatic rings. The Hall–Kier alpha value is -2.41. The van der Waals surface area contributed by atoms with Gasteiger partial charge in [0.25, 0.3) is 5.91 Å². The van der Waals surface area contributed by atoms with E-state index in [4.69, 9.17) is 10.5 Å². The highest BCUT2D eigenvalue weighted by Crippen LogP contribution is 2.32. The summed E-state index contributed by atoms with van der Waals surface area (Å²) in [5.41, 5.74) is 6.78. The lowest BCUT2D eigenvalue weighted by molar-refractivity contribution is -0.124. The summed E-state index contributed by atoms with van der Waals surface area (Å²) in [6.07, 6.45) is 1.42. The van der Waals surface area contributed by atoms with Crippen molar-refractivity contribution in [3.8, 4) is 5.75 Å². The van der Waals surface area contributed by atoms with Crippen LogP contribution in [0.5, 0.6) is 5.75 Å². The molecule has 0 spiro atoms. The zero-order valence-electron chi connectivity index (χ0n) is 14.5. The lowest BCUT2D eigenvalue weighted by Crippen LogP contribution is -2.47. The van der Waals surface area contributed by atoms with Crippen LogP contribution in [0, 0.1) is 12.8 Å². The summed E-state index contributed by atoms with van der Waals surface area (Å²) in [4.78, 5) is 40.0. The van der Waals surface area contributed by atoms with Crippen LogP contribution < -0.4 is 15.4 Å². The molecular weight excluding hydrogens is 322 g/mol. The molecule has 25 heavy (non-hydrogen) atoms. The normalized spacial score (nSPS) is 22.5. The van der Waals surface area contributed by atoms with Crippen LogP contribution in [0.2, 0.25) is 0 Å². The molecule has 7 nitrogen and oxygen atoms in total. The summed E-state index contributed by atoms with van der Waals surface area (Å²) in [6, 6.07) is 4.88. The van der Waals surface area contributed by atoms with Crippen molar-refractivity contribution in [2.75, 3.05) is 25.1 Å². The molecule has 2 saturated heterocycles. The standard InChI is InChI=1S/C18H23N3O4/c1-11-3-4-13(25-2)9-14(11)21-16(22)10-15(18(21)24)20-7-5-12(6-8-20)17(19)23/h3-4,9,12,15H,5-8,10H2,1-2H3,(H2,19,23). The second kappa shape index (κ2) is 6.84. The number of amides is 3. The summed E-state index contributed by atoms with van der Waals surface area (Å²) in [5.74, 6) is -0.239. The van der Waals surface area contributed by atoms with Crippen molar-refractivity contribution in [2.45, 2.75) is 32.2 Å². The molecular formula is C18H23N3O4. The number of piperidine rings is 1. The smallest absolute Gasteiger partial charge is 0.251 e. The van der Waals surface area contributed by atoms with Crippen LogP contribution in [-0.2, 0) is 14.4 Å². The van der Waals surface area contributed by atoms with Crippen LogP contribution >= 0.6 is 0 Å². The van der Waals surface area contributed by atoms with Gasteiger partial charge < -0.3 is 10.5 Å². The van der Waals surface area contributed by atoms with Gasteiger partial charge in [-0.25, -0.2) is 4.90 Å². The van der Waals surface area contributed by atoms with Crippen LogP contribution in [0.3, 0.4) is 0 Å². The number of primary amides is 1. The number of nitrogens with zero attached hydrogens (tertiary/aromatic N) is 2. The SMILES string of the molecule is COc1ccc(C)c(N2C(=O)CC(N3CCC(C(N)=O)CC3)C2=O)c1.